The molecule has 0 spiro atoms. The Kier molecular flexibility index (Phi) is 7.10. The van der Waals surface area contributed by atoms with E-state index in [0.717, 1.165) is 19.3 Å². The number of hydrogen-bond donors (Lipinski definition) is 0. The van der Waals surface area contributed by atoms with Crippen molar-refractivity contribution < 1.29 is 27.1 Å². The van der Waals surface area contributed by atoms with Crippen molar-refractivity contribution in [1.29, 1.82) is 0 Å². The topological polar surface area (TPSA) is 72.9 Å². The van der Waals surface area contributed by atoms with Crippen LogP contribution in [0.15, 0.2) is 47.4 Å². The van der Waals surface area contributed by atoms with Crippen LogP contribution < -0.4 is 4.74 Å². The Morgan fingerprint density at radius 1 is 1.07 bits per heavy atom. The van der Waals surface area contributed by atoms with Crippen molar-refractivity contribution in [2.45, 2.75) is 24.2 Å². The molecule has 0 amide bonds. The molecule has 0 N–H and O–H groups in total. The van der Waals surface area contributed by atoms with E-state index >= 15 is 0 Å². The molecular formula is C20H21ClFNO5S. The summed E-state index contributed by atoms with van der Waals surface area (Å²) in [6, 6.07) is 9.85. The third-order valence-corrected chi connectivity index (χ3v) is 6.75. The molecule has 1 fully saturated rings. The summed E-state index contributed by atoms with van der Waals surface area (Å²) < 4.78 is 50.8. The fraction of sp³-hybridized carbons (Fsp3) is 0.350. The highest BCUT2D eigenvalue weighted by atomic mass is 35.5. The standard InChI is InChI=1S/C20H21ClFNO5S/c21-17-9-8-15(29(25,26)23-10-4-1-5-11-23)14-16(17)20(24)28-13-12-27-19-7-3-2-6-18(19)22/h2-3,6-9,14H,1,4-5,10-13H2. The zero-order valence-electron chi connectivity index (χ0n) is 15.6. The van der Waals surface area contributed by atoms with Gasteiger partial charge in [0.05, 0.1) is 15.5 Å². The average Bonchev–Trinajstić information content (AvgIpc) is 2.73. The van der Waals surface area contributed by atoms with E-state index in [1.165, 1.54) is 40.7 Å². The van der Waals surface area contributed by atoms with E-state index in [4.69, 9.17) is 21.1 Å². The van der Waals surface area contributed by atoms with Crippen LogP contribution in [0.3, 0.4) is 0 Å². The van der Waals surface area contributed by atoms with Gasteiger partial charge in [0.1, 0.15) is 13.2 Å². The van der Waals surface area contributed by atoms with Crippen LogP contribution in [-0.4, -0.2) is 45.0 Å². The summed E-state index contributed by atoms with van der Waals surface area (Å²) in [5, 5.41) is 0.0858. The van der Waals surface area contributed by atoms with Gasteiger partial charge in [0.25, 0.3) is 0 Å². The molecule has 1 heterocycles. The number of rotatable bonds is 7. The first-order valence-corrected chi connectivity index (χ1v) is 11.1. The summed E-state index contributed by atoms with van der Waals surface area (Å²) in [7, 11) is -3.70. The van der Waals surface area contributed by atoms with Gasteiger partial charge >= 0.3 is 5.97 Å². The second-order valence-corrected chi connectivity index (χ2v) is 8.87. The van der Waals surface area contributed by atoms with E-state index in [9.17, 15) is 17.6 Å². The zero-order valence-corrected chi connectivity index (χ0v) is 17.2. The van der Waals surface area contributed by atoms with Gasteiger partial charge < -0.3 is 9.47 Å². The van der Waals surface area contributed by atoms with Crippen molar-refractivity contribution in [3.63, 3.8) is 0 Å². The number of nitrogens with zero attached hydrogens (tertiary/aromatic N) is 1. The molecule has 1 saturated heterocycles. The van der Waals surface area contributed by atoms with Crippen molar-refractivity contribution in [2.24, 2.45) is 0 Å². The number of benzene rings is 2. The summed E-state index contributed by atoms with van der Waals surface area (Å²) in [6.45, 7) is 0.707. The lowest BCUT2D eigenvalue weighted by Crippen LogP contribution is -2.35. The van der Waals surface area contributed by atoms with Crippen LogP contribution >= 0.6 is 11.6 Å². The number of hydrogen-bond acceptors (Lipinski definition) is 5. The first-order valence-electron chi connectivity index (χ1n) is 9.24. The Hall–Kier alpha value is -2.16. The first kappa shape index (κ1) is 21.5. The molecule has 0 radical (unpaired) electrons. The van der Waals surface area contributed by atoms with Gasteiger partial charge in [0, 0.05) is 13.1 Å². The van der Waals surface area contributed by atoms with Gasteiger partial charge in [0.2, 0.25) is 10.0 Å². The second kappa shape index (κ2) is 9.56. The number of ether oxygens (including phenoxy) is 2. The highest BCUT2D eigenvalue weighted by Gasteiger charge is 2.27. The third-order valence-electron chi connectivity index (χ3n) is 4.52. The molecule has 29 heavy (non-hydrogen) atoms. The SMILES string of the molecule is O=C(OCCOc1ccccc1F)c1cc(S(=O)(=O)N2CCCCC2)ccc1Cl. The molecule has 1 aliphatic heterocycles. The minimum atomic E-state index is -3.70. The van der Waals surface area contributed by atoms with Gasteiger partial charge in [-0.1, -0.05) is 30.2 Å². The molecule has 2 aromatic rings. The maximum atomic E-state index is 13.5. The molecule has 0 bridgehead atoms. The number of halogens is 2. The van der Waals surface area contributed by atoms with Crippen molar-refractivity contribution in [2.75, 3.05) is 26.3 Å². The summed E-state index contributed by atoms with van der Waals surface area (Å²) in [6.07, 6.45) is 2.62. The summed E-state index contributed by atoms with van der Waals surface area (Å²) >= 11 is 6.07. The van der Waals surface area contributed by atoms with E-state index in [1.54, 1.807) is 6.07 Å². The van der Waals surface area contributed by atoms with E-state index < -0.39 is 21.8 Å². The van der Waals surface area contributed by atoms with E-state index in [0.29, 0.717) is 13.1 Å². The molecule has 0 unspecified atom stereocenters. The van der Waals surface area contributed by atoms with E-state index in [2.05, 4.69) is 0 Å². The highest BCUT2D eigenvalue weighted by molar-refractivity contribution is 7.89. The van der Waals surface area contributed by atoms with Gasteiger partial charge in [-0.15, -0.1) is 0 Å². The Balaban J connectivity index is 1.64. The van der Waals surface area contributed by atoms with Crippen LogP contribution in [0.4, 0.5) is 4.39 Å². The average molecular weight is 442 g/mol. The molecule has 1 aliphatic rings. The number of carbonyl (C=O) groups excluding carboxylic acids is 1. The van der Waals surface area contributed by atoms with Gasteiger partial charge in [-0.25, -0.2) is 17.6 Å². The summed E-state index contributed by atoms with van der Waals surface area (Å²) in [4.78, 5) is 12.4. The molecule has 0 atom stereocenters. The van der Waals surface area contributed by atoms with Crippen LogP contribution in [0.25, 0.3) is 0 Å². The molecule has 0 aromatic heterocycles. The largest absolute Gasteiger partial charge is 0.487 e. The lowest BCUT2D eigenvalue weighted by atomic mass is 10.2. The van der Waals surface area contributed by atoms with Crippen LogP contribution in [0.1, 0.15) is 29.6 Å². The molecule has 2 aromatic carbocycles. The van der Waals surface area contributed by atoms with Crippen molar-refractivity contribution in [1.82, 2.24) is 4.31 Å². The van der Waals surface area contributed by atoms with Gasteiger partial charge in [-0.05, 0) is 43.2 Å². The Labute approximate surface area is 174 Å². The number of sulfonamides is 1. The quantitative estimate of drug-likeness (QED) is 0.481. The van der Waals surface area contributed by atoms with Crippen LogP contribution in [0, 0.1) is 5.82 Å². The van der Waals surface area contributed by atoms with Crippen LogP contribution in [-0.2, 0) is 14.8 Å². The fourth-order valence-electron chi connectivity index (χ4n) is 3.00. The van der Waals surface area contributed by atoms with Gasteiger partial charge in [-0.2, -0.15) is 4.31 Å². The first-order chi connectivity index (χ1) is 13.9. The van der Waals surface area contributed by atoms with Crippen LogP contribution in [0.2, 0.25) is 5.02 Å². The Morgan fingerprint density at radius 2 is 1.79 bits per heavy atom. The highest BCUT2D eigenvalue weighted by Crippen LogP contribution is 2.25. The van der Waals surface area contributed by atoms with E-state index in [1.807, 2.05) is 0 Å². The molecule has 6 nitrogen and oxygen atoms in total. The van der Waals surface area contributed by atoms with Gasteiger partial charge in [0.15, 0.2) is 11.6 Å². The number of para-hydroxylation sites is 1. The minimum Gasteiger partial charge on any atom is -0.487 e. The predicted molar refractivity (Wildman–Crippen MR) is 106 cm³/mol. The lowest BCUT2D eigenvalue weighted by Gasteiger charge is -2.26. The maximum Gasteiger partial charge on any atom is 0.339 e. The fourth-order valence-corrected chi connectivity index (χ4v) is 4.74. The van der Waals surface area contributed by atoms with Crippen molar-refractivity contribution >= 4 is 27.6 Å². The second-order valence-electron chi connectivity index (χ2n) is 6.52. The molecular weight excluding hydrogens is 421 g/mol. The molecule has 9 heteroatoms. The predicted octanol–water partition coefficient (Wildman–Crippen LogP) is 3.89. The smallest absolute Gasteiger partial charge is 0.339 e. The minimum absolute atomic E-state index is 0.00152. The molecule has 156 valence electrons. The van der Waals surface area contributed by atoms with Crippen molar-refractivity contribution in [3.8, 4) is 5.75 Å². The monoisotopic (exact) mass is 441 g/mol. The van der Waals surface area contributed by atoms with Gasteiger partial charge in [-0.3, -0.25) is 0 Å². The Morgan fingerprint density at radius 3 is 2.52 bits per heavy atom. The third kappa shape index (κ3) is 5.26. The lowest BCUT2D eigenvalue weighted by molar-refractivity contribution is 0.0448. The Bertz CT molecular complexity index is 977. The zero-order chi connectivity index (χ0) is 20.9. The number of piperidine rings is 1. The van der Waals surface area contributed by atoms with E-state index in [-0.39, 0.29) is 34.4 Å². The number of esters is 1. The maximum absolute atomic E-state index is 13.5. The van der Waals surface area contributed by atoms with Crippen LogP contribution in [0.5, 0.6) is 5.75 Å². The molecule has 0 saturated carbocycles. The summed E-state index contributed by atoms with van der Waals surface area (Å²) in [5.41, 5.74) is -0.0457. The normalized spacial score (nSPS) is 15.1. The number of carbonyl (C=O) groups is 1. The summed E-state index contributed by atoms with van der Waals surface area (Å²) in [5.74, 6) is -1.24. The molecule has 0 aliphatic carbocycles. The van der Waals surface area contributed by atoms with Crippen molar-refractivity contribution in [3.05, 3.63) is 58.9 Å². The molecule has 3 rings (SSSR count).